The van der Waals surface area contributed by atoms with Gasteiger partial charge in [-0.25, -0.2) is 0 Å². The molecular formula is C18H22N6O5. The van der Waals surface area contributed by atoms with Crippen LogP contribution in [0.5, 0.6) is 17.2 Å². The van der Waals surface area contributed by atoms with E-state index in [4.69, 9.17) is 14.2 Å². The number of carbonyl (C=O) groups excluding carboxylic acids is 2. The van der Waals surface area contributed by atoms with Crippen molar-refractivity contribution in [2.75, 3.05) is 51.9 Å². The maximum absolute atomic E-state index is 12.5. The van der Waals surface area contributed by atoms with Crippen molar-refractivity contribution in [2.24, 2.45) is 7.05 Å². The molecule has 0 aliphatic carbocycles. The number of aryl methyl sites for hydroxylation is 1. The van der Waals surface area contributed by atoms with Crippen LogP contribution >= 0.6 is 0 Å². The summed E-state index contributed by atoms with van der Waals surface area (Å²) in [7, 11) is 3.25. The van der Waals surface area contributed by atoms with Crippen molar-refractivity contribution in [1.29, 1.82) is 0 Å². The molecule has 29 heavy (non-hydrogen) atoms. The van der Waals surface area contributed by atoms with Crippen LogP contribution in [-0.2, 0) is 11.8 Å². The van der Waals surface area contributed by atoms with Gasteiger partial charge >= 0.3 is 0 Å². The van der Waals surface area contributed by atoms with Gasteiger partial charge in [-0.3, -0.25) is 19.2 Å². The maximum Gasteiger partial charge on any atom is 0.276 e. The highest BCUT2D eigenvalue weighted by Gasteiger charge is 2.25. The number of aromatic nitrogens is 3. The number of hydrogen-bond acceptors (Lipinski definition) is 8. The van der Waals surface area contributed by atoms with Gasteiger partial charge < -0.3 is 24.4 Å². The Hall–Kier alpha value is -3.34. The molecule has 0 radical (unpaired) electrons. The summed E-state index contributed by atoms with van der Waals surface area (Å²) >= 11 is 0. The first-order chi connectivity index (χ1) is 14.0. The summed E-state index contributed by atoms with van der Waals surface area (Å²) in [6, 6.07) is 3.38. The SMILES string of the molecule is COc1cc2c(cc1NC(=O)CN1CCN(C(=O)c3cn(C)nn3)CC1)OCO2. The van der Waals surface area contributed by atoms with Gasteiger partial charge in [0.2, 0.25) is 12.7 Å². The van der Waals surface area contributed by atoms with Gasteiger partial charge in [0, 0.05) is 45.4 Å². The molecule has 2 aromatic rings. The lowest BCUT2D eigenvalue weighted by Gasteiger charge is -2.33. The van der Waals surface area contributed by atoms with Crippen LogP contribution in [0.3, 0.4) is 0 Å². The monoisotopic (exact) mass is 402 g/mol. The predicted molar refractivity (Wildman–Crippen MR) is 101 cm³/mol. The standard InChI is InChI=1S/C18H22N6O5/c1-22-9-13(20-21-22)18(26)24-5-3-23(4-6-24)10-17(25)19-12-7-15-16(29-11-28-15)8-14(12)27-2/h7-9H,3-6,10-11H2,1-2H3,(H,19,25). The molecule has 0 atom stereocenters. The number of ether oxygens (including phenoxy) is 3. The van der Waals surface area contributed by atoms with Gasteiger partial charge in [0.15, 0.2) is 17.2 Å². The molecule has 1 N–H and O–H groups in total. The van der Waals surface area contributed by atoms with Crippen LogP contribution in [0.15, 0.2) is 18.3 Å². The molecule has 2 aliphatic heterocycles. The van der Waals surface area contributed by atoms with Gasteiger partial charge in [-0.2, -0.15) is 0 Å². The number of amides is 2. The third-order valence-corrected chi connectivity index (χ3v) is 4.82. The van der Waals surface area contributed by atoms with Gasteiger partial charge in [-0.15, -0.1) is 5.10 Å². The van der Waals surface area contributed by atoms with Gasteiger partial charge in [-0.1, -0.05) is 5.21 Å². The summed E-state index contributed by atoms with van der Waals surface area (Å²) in [5.74, 6) is 1.34. The quantitative estimate of drug-likeness (QED) is 0.741. The van der Waals surface area contributed by atoms with Crippen molar-refractivity contribution in [2.45, 2.75) is 0 Å². The van der Waals surface area contributed by atoms with E-state index in [1.54, 1.807) is 30.3 Å². The molecule has 11 heteroatoms. The Balaban J connectivity index is 1.31. The zero-order chi connectivity index (χ0) is 20.4. The van der Waals surface area contributed by atoms with E-state index in [2.05, 4.69) is 15.6 Å². The van der Waals surface area contributed by atoms with E-state index in [0.717, 1.165) is 0 Å². The first-order valence-corrected chi connectivity index (χ1v) is 9.19. The van der Waals surface area contributed by atoms with E-state index in [-0.39, 0.29) is 25.2 Å². The Kier molecular flexibility index (Phi) is 5.21. The summed E-state index contributed by atoms with van der Waals surface area (Å²) in [6.45, 7) is 2.60. The second-order valence-electron chi connectivity index (χ2n) is 6.80. The first-order valence-electron chi connectivity index (χ1n) is 9.19. The highest BCUT2D eigenvalue weighted by molar-refractivity contribution is 5.94. The lowest BCUT2D eigenvalue weighted by atomic mass is 10.2. The number of hydrogen-bond donors (Lipinski definition) is 1. The third-order valence-electron chi connectivity index (χ3n) is 4.82. The molecule has 1 aromatic heterocycles. The van der Waals surface area contributed by atoms with Crippen molar-refractivity contribution < 1.29 is 23.8 Å². The Morgan fingerprint density at radius 3 is 2.55 bits per heavy atom. The number of nitrogens with one attached hydrogen (secondary N) is 1. The number of carbonyl (C=O) groups is 2. The fourth-order valence-corrected chi connectivity index (χ4v) is 3.30. The Labute approximate surface area is 167 Å². The molecule has 0 spiro atoms. The normalized spacial score (nSPS) is 16.0. The molecule has 0 saturated carbocycles. The number of methoxy groups -OCH3 is 1. The van der Waals surface area contributed by atoms with Crippen LogP contribution < -0.4 is 19.5 Å². The van der Waals surface area contributed by atoms with Crippen LogP contribution in [0.4, 0.5) is 5.69 Å². The molecular weight excluding hydrogens is 380 g/mol. The van der Waals surface area contributed by atoms with E-state index >= 15 is 0 Å². The van der Waals surface area contributed by atoms with Crippen molar-refractivity contribution in [3.63, 3.8) is 0 Å². The van der Waals surface area contributed by atoms with Crippen LogP contribution in [0.25, 0.3) is 0 Å². The summed E-state index contributed by atoms with van der Waals surface area (Å²) in [6.07, 6.45) is 1.60. The number of piperazine rings is 1. The smallest absolute Gasteiger partial charge is 0.276 e. The number of rotatable bonds is 5. The van der Waals surface area contributed by atoms with Crippen LogP contribution in [0.1, 0.15) is 10.5 Å². The molecule has 4 rings (SSSR count). The minimum Gasteiger partial charge on any atom is -0.494 e. The minimum absolute atomic E-state index is 0.146. The molecule has 0 unspecified atom stereocenters. The molecule has 1 fully saturated rings. The van der Waals surface area contributed by atoms with Crippen molar-refractivity contribution in [3.8, 4) is 17.2 Å². The molecule has 0 bridgehead atoms. The summed E-state index contributed by atoms with van der Waals surface area (Å²) in [5, 5.41) is 10.5. The fraction of sp³-hybridized carbons (Fsp3) is 0.444. The zero-order valence-electron chi connectivity index (χ0n) is 16.3. The van der Waals surface area contributed by atoms with E-state index in [1.165, 1.54) is 11.8 Å². The Bertz CT molecular complexity index is 921. The highest BCUT2D eigenvalue weighted by atomic mass is 16.7. The van der Waals surface area contributed by atoms with Crippen LogP contribution in [0.2, 0.25) is 0 Å². The van der Waals surface area contributed by atoms with E-state index < -0.39 is 0 Å². The van der Waals surface area contributed by atoms with Crippen molar-refractivity contribution >= 4 is 17.5 Å². The Morgan fingerprint density at radius 2 is 1.90 bits per heavy atom. The second kappa shape index (κ2) is 7.95. The lowest BCUT2D eigenvalue weighted by Crippen LogP contribution is -2.50. The number of nitrogens with zero attached hydrogens (tertiary/aromatic N) is 5. The molecule has 1 saturated heterocycles. The van der Waals surface area contributed by atoms with Gasteiger partial charge in [0.25, 0.3) is 5.91 Å². The molecule has 2 amide bonds. The molecule has 3 heterocycles. The highest BCUT2D eigenvalue weighted by Crippen LogP contribution is 2.40. The third kappa shape index (κ3) is 4.09. The van der Waals surface area contributed by atoms with Crippen LogP contribution in [-0.4, -0.2) is 83.2 Å². The molecule has 11 nitrogen and oxygen atoms in total. The van der Waals surface area contributed by atoms with Crippen molar-refractivity contribution in [3.05, 3.63) is 24.0 Å². The topological polar surface area (TPSA) is 111 Å². The first kappa shape index (κ1) is 19.0. The molecule has 1 aromatic carbocycles. The van der Waals surface area contributed by atoms with E-state index in [0.29, 0.717) is 54.8 Å². The largest absolute Gasteiger partial charge is 0.494 e. The summed E-state index contributed by atoms with van der Waals surface area (Å²) in [5.41, 5.74) is 0.854. The molecule has 154 valence electrons. The summed E-state index contributed by atoms with van der Waals surface area (Å²) < 4.78 is 17.5. The minimum atomic E-state index is -0.170. The van der Waals surface area contributed by atoms with E-state index in [9.17, 15) is 9.59 Å². The van der Waals surface area contributed by atoms with Crippen molar-refractivity contribution in [1.82, 2.24) is 24.8 Å². The lowest BCUT2D eigenvalue weighted by molar-refractivity contribution is -0.117. The maximum atomic E-state index is 12.5. The van der Waals surface area contributed by atoms with Gasteiger partial charge in [0.05, 0.1) is 25.5 Å². The van der Waals surface area contributed by atoms with Gasteiger partial charge in [-0.05, 0) is 0 Å². The molecule has 2 aliphatic rings. The zero-order valence-corrected chi connectivity index (χ0v) is 16.3. The average Bonchev–Trinajstić information content (AvgIpc) is 3.35. The number of benzene rings is 1. The van der Waals surface area contributed by atoms with Gasteiger partial charge in [0.1, 0.15) is 5.75 Å². The summed E-state index contributed by atoms with van der Waals surface area (Å²) in [4.78, 5) is 28.6. The number of fused-ring (bicyclic) bond motifs is 1. The van der Waals surface area contributed by atoms with Crippen LogP contribution in [0, 0.1) is 0 Å². The number of anilines is 1. The average molecular weight is 402 g/mol. The fourth-order valence-electron chi connectivity index (χ4n) is 3.30. The predicted octanol–water partition coefficient (Wildman–Crippen LogP) is -0.0511. The Morgan fingerprint density at radius 1 is 1.17 bits per heavy atom. The van der Waals surface area contributed by atoms with E-state index in [1.807, 2.05) is 4.90 Å². The second-order valence-corrected chi connectivity index (χ2v) is 6.80.